The van der Waals surface area contributed by atoms with Crippen molar-refractivity contribution < 1.29 is 23.8 Å². The molecule has 0 radical (unpaired) electrons. The molecule has 0 rings (SSSR count). The zero-order valence-corrected chi connectivity index (χ0v) is 12.2. The molecule has 112 valence electrons. The second-order valence-corrected chi connectivity index (χ2v) is 4.69. The van der Waals surface area contributed by atoms with E-state index in [9.17, 15) is 9.59 Å². The standard InChI is InChI=1S/C13H25NO5/c1-10(2)7-13(16)14-8-12(9-19-11(3)15)18-6-5-17-4/h10,12H,5-9H2,1-4H3,(H,14,16). The highest BCUT2D eigenvalue weighted by Crippen LogP contribution is 1.99. The number of ether oxygens (including phenoxy) is 3. The highest BCUT2D eigenvalue weighted by molar-refractivity contribution is 5.76. The Morgan fingerprint density at radius 3 is 2.42 bits per heavy atom. The normalized spacial score (nSPS) is 12.3. The lowest BCUT2D eigenvalue weighted by Gasteiger charge is -2.18. The van der Waals surface area contributed by atoms with Crippen molar-refractivity contribution in [3.05, 3.63) is 0 Å². The largest absolute Gasteiger partial charge is 0.463 e. The van der Waals surface area contributed by atoms with E-state index >= 15 is 0 Å². The van der Waals surface area contributed by atoms with E-state index in [1.165, 1.54) is 6.92 Å². The lowest BCUT2D eigenvalue weighted by atomic mass is 10.1. The molecule has 0 aliphatic rings. The highest BCUT2D eigenvalue weighted by Gasteiger charge is 2.13. The van der Waals surface area contributed by atoms with Crippen molar-refractivity contribution in [3.8, 4) is 0 Å². The summed E-state index contributed by atoms with van der Waals surface area (Å²) in [6.07, 6.45) is 0.119. The number of hydrogen-bond acceptors (Lipinski definition) is 5. The van der Waals surface area contributed by atoms with Gasteiger partial charge in [-0.15, -0.1) is 0 Å². The Bertz CT molecular complexity index is 268. The van der Waals surface area contributed by atoms with E-state index in [4.69, 9.17) is 14.2 Å². The quantitative estimate of drug-likeness (QED) is 0.470. The molecule has 6 heteroatoms. The fraction of sp³-hybridized carbons (Fsp3) is 0.846. The van der Waals surface area contributed by atoms with Crippen LogP contribution in [0.4, 0.5) is 0 Å². The van der Waals surface area contributed by atoms with Crippen molar-refractivity contribution >= 4 is 11.9 Å². The number of hydrogen-bond donors (Lipinski definition) is 1. The summed E-state index contributed by atoms with van der Waals surface area (Å²) in [5.74, 6) is -0.0895. The molecule has 1 N–H and O–H groups in total. The van der Waals surface area contributed by atoms with Gasteiger partial charge in [0.05, 0.1) is 13.2 Å². The van der Waals surface area contributed by atoms with Gasteiger partial charge in [-0.2, -0.15) is 0 Å². The summed E-state index contributed by atoms with van der Waals surface area (Å²) in [5.41, 5.74) is 0. The van der Waals surface area contributed by atoms with Crippen molar-refractivity contribution in [3.63, 3.8) is 0 Å². The van der Waals surface area contributed by atoms with Crippen LogP contribution in [0, 0.1) is 5.92 Å². The first-order chi connectivity index (χ1) is 8.95. The molecule has 0 spiro atoms. The fourth-order valence-electron chi connectivity index (χ4n) is 1.35. The number of carbonyl (C=O) groups excluding carboxylic acids is 2. The molecular formula is C13H25NO5. The van der Waals surface area contributed by atoms with Crippen molar-refractivity contribution in [2.45, 2.75) is 33.3 Å². The van der Waals surface area contributed by atoms with Crippen LogP contribution in [0.25, 0.3) is 0 Å². The molecular weight excluding hydrogens is 250 g/mol. The zero-order valence-electron chi connectivity index (χ0n) is 12.2. The second-order valence-electron chi connectivity index (χ2n) is 4.69. The maximum absolute atomic E-state index is 11.5. The Kier molecular flexibility index (Phi) is 10.1. The molecule has 1 atom stereocenters. The summed E-state index contributed by atoms with van der Waals surface area (Å²) in [6.45, 7) is 6.59. The predicted molar refractivity (Wildman–Crippen MR) is 70.7 cm³/mol. The summed E-state index contributed by atoms with van der Waals surface area (Å²) in [4.78, 5) is 22.3. The summed E-state index contributed by atoms with van der Waals surface area (Å²) in [6, 6.07) is 0. The lowest BCUT2D eigenvalue weighted by Crippen LogP contribution is -2.37. The van der Waals surface area contributed by atoms with Gasteiger partial charge in [-0.25, -0.2) is 0 Å². The van der Waals surface area contributed by atoms with Crippen LogP contribution < -0.4 is 5.32 Å². The molecule has 0 aromatic heterocycles. The zero-order chi connectivity index (χ0) is 14.7. The first kappa shape index (κ1) is 17.9. The van der Waals surface area contributed by atoms with E-state index in [0.29, 0.717) is 32.1 Å². The van der Waals surface area contributed by atoms with E-state index in [1.807, 2.05) is 13.8 Å². The highest BCUT2D eigenvalue weighted by atomic mass is 16.6. The second kappa shape index (κ2) is 10.8. The molecule has 0 aromatic carbocycles. The maximum atomic E-state index is 11.5. The summed E-state index contributed by atoms with van der Waals surface area (Å²) in [5, 5.41) is 2.77. The van der Waals surface area contributed by atoms with Crippen LogP contribution in [-0.2, 0) is 23.8 Å². The molecule has 0 bridgehead atoms. The number of rotatable bonds is 10. The Balaban J connectivity index is 4.01. The Hall–Kier alpha value is -1.14. The molecule has 0 aliphatic carbocycles. The van der Waals surface area contributed by atoms with Crippen molar-refractivity contribution in [1.82, 2.24) is 5.32 Å². The number of methoxy groups -OCH3 is 1. The molecule has 19 heavy (non-hydrogen) atoms. The van der Waals surface area contributed by atoms with E-state index in [1.54, 1.807) is 7.11 Å². The van der Waals surface area contributed by atoms with Crippen molar-refractivity contribution in [1.29, 1.82) is 0 Å². The Morgan fingerprint density at radius 1 is 1.21 bits per heavy atom. The van der Waals surface area contributed by atoms with Crippen LogP contribution in [0.2, 0.25) is 0 Å². The van der Waals surface area contributed by atoms with Gasteiger partial charge in [0.15, 0.2) is 0 Å². The van der Waals surface area contributed by atoms with Gasteiger partial charge >= 0.3 is 5.97 Å². The van der Waals surface area contributed by atoms with Crippen molar-refractivity contribution in [2.24, 2.45) is 5.92 Å². The first-order valence-corrected chi connectivity index (χ1v) is 6.46. The van der Waals surface area contributed by atoms with Crippen LogP contribution in [0.5, 0.6) is 0 Å². The van der Waals surface area contributed by atoms with Gasteiger partial charge in [0.2, 0.25) is 5.91 Å². The number of esters is 1. The van der Waals surface area contributed by atoms with Crippen LogP contribution in [0.15, 0.2) is 0 Å². The fourth-order valence-corrected chi connectivity index (χ4v) is 1.35. The maximum Gasteiger partial charge on any atom is 0.302 e. The number of amides is 1. The molecule has 1 unspecified atom stereocenters. The van der Waals surface area contributed by atoms with Crippen LogP contribution in [0.1, 0.15) is 27.2 Å². The first-order valence-electron chi connectivity index (χ1n) is 6.46. The van der Waals surface area contributed by atoms with Crippen LogP contribution in [-0.4, -0.2) is 51.5 Å². The SMILES string of the molecule is COCCOC(CNC(=O)CC(C)C)COC(C)=O. The minimum absolute atomic E-state index is 0.0295. The minimum atomic E-state index is -0.367. The molecule has 6 nitrogen and oxygen atoms in total. The third kappa shape index (κ3) is 11.7. The molecule has 0 aromatic rings. The minimum Gasteiger partial charge on any atom is -0.463 e. The van der Waals surface area contributed by atoms with Gasteiger partial charge in [0, 0.05) is 27.0 Å². The summed E-state index contributed by atoms with van der Waals surface area (Å²) in [7, 11) is 1.58. The van der Waals surface area contributed by atoms with E-state index in [2.05, 4.69) is 5.32 Å². The topological polar surface area (TPSA) is 73.9 Å². The van der Waals surface area contributed by atoms with Crippen molar-refractivity contribution in [2.75, 3.05) is 33.5 Å². The number of nitrogens with one attached hydrogen (secondary N) is 1. The number of carbonyl (C=O) groups is 2. The van der Waals surface area contributed by atoms with Crippen LogP contribution in [0.3, 0.4) is 0 Å². The average Bonchev–Trinajstić information content (AvgIpc) is 2.31. The van der Waals surface area contributed by atoms with Gasteiger partial charge < -0.3 is 19.5 Å². The third-order valence-corrected chi connectivity index (χ3v) is 2.23. The van der Waals surface area contributed by atoms with E-state index in [-0.39, 0.29) is 24.6 Å². The van der Waals surface area contributed by atoms with Gasteiger partial charge in [-0.1, -0.05) is 13.8 Å². The smallest absolute Gasteiger partial charge is 0.302 e. The lowest BCUT2D eigenvalue weighted by molar-refractivity contribution is -0.145. The summed E-state index contributed by atoms with van der Waals surface area (Å²) >= 11 is 0. The molecule has 0 saturated heterocycles. The predicted octanol–water partition coefficient (Wildman–Crippen LogP) is 0.743. The monoisotopic (exact) mass is 275 g/mol. The van der Waals surface area contributed by atoms with Gasteiger partial charge in [-0.3, -0.25) is 9.59 Å². The average molecular weight is 275 g/mol. The molecule has 0 saturated carbocycles. The summed E-state index contributed by atoms with van der Waals surface area (Å²) < 4.78 is 15.2. The van der Waals surface area contributed by atoms with Gasteiger partial charge in [0.25, 0.3) is 0 Å². The molecule has 0 fully saturated rings. The van der Waals surface area contributed by atoms with E-state index < -0.39 is 0 Å². The Labute approximate surface area is 114 Å². The Morgan fingerprint density at radius 2 is 1.89 bits per heavy atom. The molecule has 0 heterocycles. The van der Waals surface area contributed by atoms with E-state index in [0.717, 1.165) is 0 Å². The van der Waals surface area contributed by atoms with Crippen LogP contribution >= 0.6 is 0 Å². The molecule has 0 aliphatic heterocycles. The molecule has 1 amide bonds. The van der Waals surface area contributed by atoms with Gasteiger partial charge in [-0.05, 0) is 5.92 Å². The van der Waals surface area contributed by atoms with Gasteiger partial charge in [0.1, 0.15) is 12.7 Å². The third-order valence-electron chi connectivity index (χ3n) is 2.23.